The number of ether oxygens (including phenoxy) is 2. The number of esters is 1. The number of para-hydroxylation sites is 1. The second-order valence-electron chi connectivity index (χ2n) is 6.00. The van der Waals surface area contributed by atoms with Crippen LogP contribution >= 0.6 is 0 Å². The third-order valence-corrected chi connectivity index (χ3v) is 3.75. The molecule has 2 rings (SSSR count). The molecule has 0 aromatic heterocycles. The summed E-state index contributed by atoms with van der Waals surface area (Å²) in [5.41, 5.74) is 1.16. The van der Waals surface area contributed by atoms with Crippen molar-refractivity contribution in [1.29, 1.82) is 0 Å². The fourth-order valence-corrected chi connectivity index (χ4v) is 2.29. The Labute approximate surface area is 164 Å². The van der Waals surface area contributed by atoms with Gasteiger partial charge in [-0.3, -0.25) is 10.1 Å². The van der Waals surface area contributed by atoms with E-state index in [1.807, 2.05) is 37.3 Å². The number of unbranched alkanes of at least 4 members (excludes halogenated alkanes) is 1. The zero-order valence-corrected chi connectivity index (χ0v) is 15.8. The van der Waals surface area contributed by atoms with E-state index in [9.17, 15) is 14.4 Å². The number of hydrogen-bond donors (Lipinski definition) is 2. The summed E-state index contributed by atoms with van der Waals surface area (Å²) in [5, 5.41) is 4.65. The maximum Gasteiger partial charge on any atom is 0.342 e. The zero-order valence-electron chi connectivity index (χ0n) is 15.8. The number of amides is 3. The molecule has 0 aliphatic rings. The van der Waals surface area contributed by atoms with Crippen LogP contribution in [0.2, 0.25) is 0 Å². The van der Waals surface area contributed by atoms with E-state index >= 15 is 0 Å². The lowest BCUT2D eigenvalue weighted by atomic mass is 10.2. The third kappa shape index (κ3) is 7.11. The molecule has 0 heterocycles. The molecule has 2 aromatic rings. The molecule has 148 valence electrons. The van der Waals surface area contributed by atoms with Crippen LogP contribution in [0, 0.1) is 0 Å². The number of nitrogens with one attached hydrogen (secondary N) is 2. The molecule has 7 heteroatoms. The van der Waals surface area contributed by atoms with Crippen molar-refractivity contribution >= 4 is 17.9 Å². The van der Waals surface area contributed by atoms with Gasteiger partial charge in [0.1, 0.15) is 17.9 Å². The number of imide groups is 1. The van der Waals surface area contributed by atoms with Crippen LogP contribution in [-0.2, 0) is 16.1 Å². The molecule has 0 unspecified atom stereocenters. The molecule has 28 heavy (non-hydrogen) atoms. The van der Waals surface area contributed by atoms with Crippen LogP contribution in [0.5, 0.6) is 5.75 Å². The Morgan fingerprint density at radius 1 is 0.964 bits per heavy atom. The fraction of sp³-hybridized carbons (Fsp3) is 0.286. The van der Waals surface area contributed by atoms with Crippen LogP contribution in [0.1, 0.15) is 35.7 Å². The average molecular weight is 384 g/mol. The van der Waals surface area contributed by atoms with Gasteiger partial charge in [0.15, 0.2) is 6.61 Å². The van der Waals surface area contributed by atoms with Gasteiger partial charge in [0.2, 0.25) is 0 Å². The van der Waals surface area contributed by atoms with Crippen molar-refractivity contribution in [2.75, 3.05) is 13.2 Å². The predicted molar refractivity (Wildman–Crippen MR) is 104 cm³/mol. The molecule has 2 aromatic carbocycles. The minimum Gasteiger partial charge on any atom is -0.488 e. The quantitative estimate of drug-likeness (QED) is 0.512. The van der Waals surface area contributed by atoms with Gasteiger partial charge in [-0.15, -0.1) is 0 Å². The van der Waals surface area contributed by atoms with Crippen LogP contribution in [0.25, 0.3) is 0 Å². The van der Waals surface area contributed by atoms with Crippen LogP contribution < -0.4 is 15.4 Å². The van der Waals surface area contributed by atoms with Crippen molar-refractivity contribution in [1.82, 2.24) is 10.6 Å². The Balaban J connectivity index is 1.85. The fourth-order valence-electron chi connectivity index (χ4n) is 2.29. The molecule has 2 N–H and O–H groups in total. The number of benzene rings is 2. The maximum absolute atomic E-state index is 12.3. The Hall–Kier alpha value is -3.35. The Bertz CT molecular complexity index is 792. The molecule has 7 nitrogen and oxygen atoms in total. The van der Waals surface area contributed by atoms with E-state index in [1.165, 1.54) is 0 Å². The molecule has 0 aliphatic heterocycles. The summed E-state index contributed by atoms with van der Waals surface area (Å²) in [6, 6.07) is 15.5. The first-order chi connectivity index (χ1) is 13.6. The minimum absolute atomic E-state index is 0.207. The highest BCUT2D eigenvalue weighted by Crippen LogP contribution is 2.20. The minimum atomic E-state index is -0.704. The first-order valence-electron chi connectivity index (χ1n) is 9.10. The number of rotatable bonds is 9. The molecule has 0 bridgehead atoms. The summed E-state index contributed by atoms with van der Waals surface area (Å²) in [6.07, 6.45) is 1.74. The van der Waals surface area contributed by atoms with Crippen LogP contribution in [0.3, 0.4) is 0 Å². The highest BCUT2D eigenvalue weighted by atomic mass is 16.5. The van der Waals surface area contributed by atoms with Gasteiger partial charge in [-0.05, 0) is 24.1 Å². The van der Waals surface area contributed by atoms with Crippen LogP contribution in [0.15, 0.2) is 54.6 Å². The number of carbonyl (C=O) groups excluding carboxylic acids is 3. The molecule has 0 saturated heterocycles. The van der Waals surface area contributed by atoms with Crippen LogP contribution in [-0.4, -0.2) is 31.1 Å². The number of carbonyl (C=O) groups is 3. The normalized spacial score (nSPS) is 10.0. The van der Waals surface area contributed by atoms with Gasteiger partial charge < -0.3 is 14.8 Å². The van der Waals surface area contributed by atoms with E-state index in [-0.39, 0.29) is 5.56 Å². The van der Waals surface area contributed by atoms with Gasteiger partial charge in [-0.25, -0.2) is 9.59 Å². The largest absolute Gasteiger partial charge is 0.488 e. The summed E-state index contributed by atoms with van der Waals surface area (Å²) in [7, 11) is 0. The lowest BCUT2D eigenvalue weighted by molar-refractivity contribution is -0.123. The van der Waals surface area contributed by atoms with Crippen molar-refractivity contribution in [3.05, 3.63) is 65.7 Å². The van der Waals surface area contributed by atoms with E-state index < -0.39 is 24.5 Å². The molecule has 3 amide bonds. The molecular weight excluding hydrogens is 360 g/mol. The molecule has 0 aliphatic carbocycles. The summed E-state index contributed by atoms with van der Waals surface area (Å²) >= 11 is 0. The standard InChI is InChI=1S/C21H24N2O5/c1-2-3-13-22-21(26)23-19(24)15-28-20(25)17-11-7-8-12-18(17)27-14-16-9-5-4-6-10-16/h4-12H,2-3,13-15H2,1H3,(H2,22,23,24,26). The molecule has 0 atom stereocenters. The monoisotopic (exact) mass is 384 g/mol. The number of urea groups is 1. The van der Waals surface area contributed by atoms with Crippen molar-refractivity contribution in [2.24, 2.45) is 0 Å². The Kier molecular flexibility index (Phi) is 8.52. The Morgan fingerprint density at radius 3 is 2.43 bits per heavy atom. The van der Waals surface area contributed by atoms with Crippen LogP contribution in [0.4, 0.5) is 4.79 Å². The van der Waals surface area contributed by atoms with Gasteiger partial charge in [-0.2, -0.15) is 0 Å². The van der Waals surface area contributed by atoms with E-state index in [4.69, 9.17) is 9.47 Å². The maximum atomic E-state index is 12.3. The number of hydrogen-bond acceptors (Lipinski definition) is 5. The molecule has 0 fully saturated rings. The van der Waals surface area contributed by atoms with Crippen molar-refractivity contribution in [2.45, 2.75) is 26.4 Å². The van der Waals surface area contributed by atoms with Gasteiger partial charge in [0, 0.05) is 6.54 Å². The molecule has 0 radical (unpaired) electrons. The van der Waals surface area contributed by atoms with E-state index in [1.54, 1.807) is 24.3 Å². The SMILES string of the molecule is CCCCNC(=O)NC(=O)COC(=O)c1ccccc1OCc1ccccc1. The summed E-state index contributed by atoms with van der Waals surface area (Å²) in [4.78, 5) is 35.5. The first-order valence-corrected chi connectivity index (χ1v) is 9.10. The van der Waals surface area contributed by atoms with Gasteiger partial charge in [0.25, 0.3) is 5.91 Å². The second-order valence-corrected chi connectivity index (χ2v) is 6.00. The van der Waals surface area contributed by atoms with E-state index in [2.05, 4.69) is 10.6 Å². The highest BCUT2D eigenvalue weighted by Gasteiger charge is 2.16. The van der Waals surface area contributed by atoms with Gasteiger partial charge in [-0.1, -0.05) is 55.8 Å². The predicted octanol–water partition coefficient (Wildman–Crippen LogP) is 3.05. The van der Waals surface area contributed by atoms with Gasteiger partial charge >= 0.3 is 12.0 Å². The lowest BCUT2D eigenvalue weighted by Gasteiger charge is -2.11. The Morgan fingerprint density at radius 2 is 1.68 bits per heavy atom. The van der Waals surface area contributed by atoms with E-state index in [0.717, 1.165) is 18.4 Å². The van der Waals surface area contributed by atoms with Crippen molar-refractivity contribution in [3.8, 4) is 5.75 Å². The van der Waals surface area contributed by atoms with Crippen molar-refractivity contribution < 1.29 is 23.9 Å². The highest BCUT2D eigenvalue weighted by molar-refractivity contribution is 5.97. The molecule has 0 saturated carbocycles. The summed E-state index contributed by atoms with van der Waals surface area (Å²) in [5.74, 6) is -1.05. The van der Waals surface area contributed by atoms with E-state index in [0.29, 0.717) is 18.9 Å². The van der Waals surface area contributed by atoms with Gasteiger partial charge in [0.05, 0.1) is 0 Å². The lowest BCUT2D eigenvalue weighted by Crippen LogP contribution is -2.41. The molecular formula is C21H24N2O5. The zero-order chi connectivity index (χ0) is 20.2. The summed E-state index contributed by atoms with van der Waals surface area (Å²) < 4.78 is 10.7. The molecule has 0 spiro atoms. The van der Waals surface area contributed by atoms with Crippen molar-refractivity contribution in [3.63, 3.8) is 0 Å². The smallest absolute Gasteiger partial charge is 0.342 e. The second kappa shape index (κ2) is 11.4. The topological polar surface area (TPSA) is 93.7 Å². The first kappa shape index (κ1) is 21.0. The third-order valence-electron chi connectivity index (χ3n) is 3.75. The summed E-state index contributed by atoms with van der Waals surface area (Å²) in [6.45, 7) is 2.20. The average Bonchev–Trinajstić information content (AvgIpc) is 2.71.